The summed E-state index contributed by atoms with van der Waals surface area (Å²) in [7, 11) is 0. The second-order valence-corrected chi connectivity index (χ2v) is 5.52. The van der Waals surface area contributed by atoms with Gasteiger partial charge >= 0.3 is 0 Å². The summed E-state index contributed by atoms with van der Waals surface area (Å²) in [6.45, 7) is 2.80. The van der Waals surface area contributed by atoms with Gasteiger partial charge in [0.2, 0.25) is 0 Å². The van der Waals surface area contributed by atoms with Crippen LogP contribution >= 0.6 is 31.9 Å². The largest absolute Gasteiger partial charge is 0.379 e. The predicted molar refractivity (Wildman–Crippen MR) is 78.1 cm³/mol. The molecule has 0 spiro atoms. The van der Waals surface area contributed by atoms with Crippen molar-refractivity contribution in [1.82, 2.24) is 4.98 Å². The number of nitrogens with zero attached hydrogens (tertiary/aromatic N) is 1. The molecular formula is C13H12Br2N2. The molecule has 0 amide bonds. The zero-order valence-electron chi connectivity index (χ0n) is 9.37. The van der Waals surface area contributed by atoms with E-state index in [2.05, 4.69) is 61.2 Å². The molecule has 0 fully saturated rings. The van der Waals surface area contributed by atoms with Gasteiger partial charge in [-0.15, -0.1) is 0 Å². The highest BCUT2D eigenvalue weighted by Crippen LogP contribution is 2.21. The molecule has 4 heteroatoms. The fraction of sp³-hybridized carbons (Fsp3) is 0.154. The van der Waals surface area contributed by atoms with Gasteiger partial charge in [-0.05, 0) is 56.5 Å². The maximum absolute atomic E-state index is 4.37. The minimum absolute atomic E-state index is 0.707. The van der Waals surface area contributed by atoms with Crippen molar-refractivity contribution in [3.63, 3.8) is 0 Å². The molecule has 1 heterocycles. The van der Waals surface area contributed by atoms with Gasteiger partial charge in [0, 0.05) is 20.8 Å². The molecule has 0 aliphatic rings. The number of nitrogens with one attached hydrogen (secondary N) is 1. The quantitative estimate of drug-likeness (QED) is 0.875. The number of pyridine rings is 1. The van der Waals surface area contributed by atoms with E-state index in [-0.39, 0.29) is 0 Å². The average molecular weight is 356 g/mol. The summed E-state index contributed by atoms with van der Waals surface area (Å²) in [6.07, 6.45) is 1.81. The number of rotatable bonds is 3. The Kier molecular flexibility index (Phi) is 4.18. The van der Waals surface area contributed by atoms with Crippen LogP contribution in [-0.2, 0) is 6.54 Å². The maximum Gasteiger partial charge on any atom is 0.0737 e. The Labute approximate surface area is 118 Å². The molecular weight excluding hydrogens is 344 g/mol. The van der Waals surface area contributed by atoms with Gasteiger partial charge in [0.25, 0.3) is 0 Å². The maximum atomic E-state index is 4.37. The molecule has 0 unspecified atom stereocenters. The number of anilines is 1. The first kappa shape index (κ1) is 12.6. The van der Waals surface area contributed by atoms with E-state index in [9.17, 15) is 0 Å². The fourth-order valence-corrected chi connectivity index (χ4v) is 2.65. The lowest BCUT2D eigenvalue weighted by Gasteiger charge is -2.10. The van der Waals surface area contributed by atoms with Crippen LogP contribution < -0.4 is 5.32 Å². The summed E-state index contributed by atoms with van der Waals surface area (Å²) in [5.41, 5.74) is 3.38. The van der Waals surface area contributed by atoms with Gasteiger partial charge in [0.15, 0.2) is 0 Å². The number of benzene rings is 1. The first-order chi connectivity index (χ1) is 8.16. The highest BCUT2D eigenvalue weighted by molar-refractivity contribution is 9.11. The van der Waals surface area contributed by atoms with Crippen LogP contribution in [-0.4, -0.2) is 4.98 Å². The van der Waals surface area contributed by atoms with E-state index >= 15 is 0 Å². The SMILES string of the molecule is Cc1ccccc1NCc1ncc(Br)cc1Br. The summed E-state index contributed by atoms with van der Waals surface area (Å²) >= 11 is 6.90. The topological polar surface area (TPSA) is 24.9 Å². The summed E-state index contributed by atoms with van der Waals surface area (Å²) in [5.74, 6) is 0. The molecule has 0 saturated carbocycles. The average Bonchev–Trinajstić information content (AvgIpc) is 2.30. The number of aromatic nitrogens is 1. The predicted octanol–water partition coefficient (Wildman–Crippen LogP) is 4.53. The van der Waals surface area contributed by atoms with Crippen LogP contribution in [0.15, 0.2) is 45.5 Å². The summed E-state index contributed by atoms with van der Waals surface area (Å²) < 4.78 is 1.98. The molecule has 1 N–H and O–H groups in total. The summed E-state index contributed by atoms with van der Waals surface area (Å²) in [4.78, 5) is 4.37. The lowest BCUT2D eigenvalue weighted by molar-refractivity contribution is 1.02. The molecule has 1 aromatic heterocycles. The van der Waals surface area contributed by atoms with E-state index in [4.69, 9.17) is 0 Å². The zero-order valence-corrected chi connectivity index (χ0v) is 12.5. The Morgan fingerprint density at radius 1 is 1.24 bits per heavy atom. The normalized spacial score (nSPS) is 10.3. The zero-order chi connectivity index (χ0) is 12.3. The number of hydrogen-bond donors (Lipinski definition) is 1. The molecule has 0 bridgehead atoms. The van der Waals surface area contributed by atoms with Crippen LogP contribution in [0.1, 0.15) is 11.3 Å². The standard InChI is InChI=1S/C13H12Br2N2/c1-9-4-2-3-5-12(9)17-8-13-11(15)6-10(14)7-16-13/h2-7,17H,8H2,1H3. The van der Waals surface area contributed by atoms with Crippen LogP contribution in [0, 0.1) is 6.92 Å². The number of aryl methyl sites for hydroxylation is 1. The van der Waals surface area contributed by atoms with E-state index in [1.807, 2.05) is 18.2 Å². The van der Waals surface area contributed by atoms with Crippen LogP contribution in [0.4, 0.5) is 5.69 Å². The highest BCUT2D eigenvalue weighted by Gasteiger charge is 2.03. The molecule has 0 atom stereocenters. The molecule has 0 saturated heterocycles. The third-order valence-electron chi connectivity index (χ3n) is 2.48. The van der Waals surface area contributed by atoms with E-state index in [1.165, 1.54) is 5.56 Å². The third-order valence-corrected chi connectivity index (χ3v) is 3.60. The van der Waals surface area contributed by atoms with Gasteiger partial charge in [0.1, 0.15) is 0 Å². The lowest BCUT2D eigenvalue weighted by atomic mass is 10.2. The second-order valence-electron chi connectivity index (χ2n) is 3.75. The monoisotopic (exact) mass is 354 g/mol. The van der Waals surface area contributed by atoms with Gasteiger partial charge in [-0.1, -0.05) is 18.2 Å². The number of para-hydroxylation sites is 1. The molecule has 2 nitrogen and oxygen atoms in total. The van der Waals surface area contributed by atoms with Crippen molar-refractivity contribution in [3.05, 3.63) is 56.7 Å². The third kappa shape index (κ3) is 3.30. The molecule has 0 radical (unpaired) electrons. The van der Waals surface area contributed by atoms with Crippen molar-refractivity contribution < 1.29 is 0 Å². The molecule has 1 aromatic carbocycles. The van der Waals surface area contributed by atoms with Crippen molar-refractivity contribution in [1.29, 1.82) is 0 Å². The molecule has 88 valence electrons. The minimum Gasteiger partial charge on any atom is -0.379 e. The Balaban J connectivity index is 2.10. The fourth-order valence-electron chi connectivity index (χ4n) is 1.52. The molecule has 0 aliphatic heterocycles. The van der Waals surface area contributed by atoms with E-state index in [0.29, 0.717) is 6.54 Å². The Morgan fingerprint density at radius 3 is 2.71 bits per heavy atom. The van der Waals surface area contributed by atoms with E-state index in [0.717, 1.165) is 20.3 Å². The Morgan fingerprint density at radius 2 is 2.00 bits per heavy atom. The van der Waals surface area contributed by atoms with Gasteiger partial charge in [-0.25, -0.2) is 0 Å². The van der Waals surface area contributed by atoms with Crippen molar-refractivity contribution in [2.24, 2.45) is 0 Å². The van der Waals surface area contributed by atoms with E-state index in [1.54, 1.807) is 6.20 Å². The van der Waals surface area contributed by atoms with Crippen LogP contribution in [0.25, 0.3) is 0 Å². The van der Waals surface area contributed by atoms with Crippen LogP contribution in [0.2, 0.25) is 0 Å². The second kappa shape index (κ2) is 5.65. The molecule has 0 aliphatic carbocycles. The van der Waals surface area contributed by atoms with Crippen molar-refractivity contribution in [3.8, 4) is 0 Å². The van der Waals surface area contributed by atoms with Crippen molar-refractivity contribution >= 4 is 37.5 Å². The van der Waals surface area contributed by atoms with Crippen LogP contribution in [0.3, 0.4) is 0 Å². The van der Waals surface area contributed by atoms with Gasteiger partial charge in [-0.2, -0.15) is 0 Å². The van der Waals surface area contributed by atoms with Crippen molar-refractivity contribution in [2.75, 3.05) is 5.32 Å². The molecule has 17 heavy (non-hydrogen) atoms. The van der Waals surface area contributed by atoms with Crippen LogP contribution in [0.5, 0.6) is 0 Å². The van der Waals surface area contributed by atoms with Gasteiger partial charge < -0.3 is 5.32 Å². The lowest BCUT2D eigenvalue weighted by Crippen LogP contribution is -2.03. The highest BCUT2D eigenvalue weighted by atomic mass is 79.9. The summed E-state index contributed by atoms with van der Waals surface area (Å²) in [6, 6.07) is 10.2. The van der Waals surface area contributed by atoms with Gasteiger partial charge in [-0.3, -0.25) is 4.98 Å². The first-order valence-corrected chi connectivity index (χ1v) is 6.85. The Hall–Kier alpha value is -0.870. The minimum atomic E-state index is 0.707. The van der Waals surface area contributed by atoms with E-state index < -0.39 is 0 Å². The smallest absolute Gasteiger partial charge is 0.0737 e. The van der Waals surface area contributed by atoms with Gasteiger partial charge in [0.05, 0.1) is 12.2 Å². The molecule has 2 aromatic rings. The first-order valence-electron chi connectivity index (χ1n) is 5.26. The number of hydrogen-bond acceptors (Lipinski definition) is 2. The molecule has 2 rings (SSSR count). The summed E-state index contributed by atoms with van der Waals surface area (Å²) in [5, 5.41) is 3.38. The number of halogens is 2. The van der Waals surface area contributed by atoms with Crippen molar-refractivity contribution in [2.45, 2.75) is 13.5 Å². The Bertz CT molecular complexity index is 527.